The lowest BCUT2D eigenvalue weighted by atomic mass is 10.1. The molecule has 2 rings (SSSR count). The molecule has 102 valence electrons. The number of hydrogen-bond acceptors (Lipinski definition) is 2. The highest BCUT2D eigenvalue weighted by atomic mass is 79.9. The molecule has 1 nitrogen and oxygen atoms in total. The molecule has 0 aliphatic heterocycles. The Kier molecular flexibility index (Phi) is 4.52. The van der Waals surface area contributed by atoms with Gasteiger partial charge in [-0.25, -0.2) is 0 Å². The Bertz CT molecular complexity index is 537. The Labute approximate surface area is 121 Å². The highest BCUT2D eigenvalue weighted by Crippen LogP contribution is 2.36. The third kappa shape index (κ3) is 3.98. The first kappa shape index (κ1) is 14.4. The topological polar surface area (TPSA) is 12.0 Å². The van der Waals surface area contributed by atoms with Crippen molar-refractivity contribution in [1.82, 2.24) is 0 Å². The van der Waals surface area contributed by atoms with E-state index in [1.807, 2.05) is 16.8 Å². The van der Waals surface area contributed by atoms with Crippen LogP contribution in [0.4, 0.5) is 18.9 Å². The number of hydrogen-bond donors (Lipinski definition) is 1. The average molecular weight is 350 g/mol. The predicted molar refractivity (Wildman–Crippen MR) is 75.7 cm³/mol. The molecular formula is C13H11BrF3NS. The lowest BCUT2D eigenvalue weighted by molar-refractivity contribution is -0.136. The molecule has 19 heavy (non-hydrogen) atoms. The maximum Gasteiger partial charge on any atom is 0.418 e. The fraction of sp³-hybridized carbons (Fsp3) is 0.231. The summed E-state index contributed by atoms with van der Waals surface area (Å²) in [5.74, 6) is 0. The Morgan fingerprint density at radius 3 is 2.63 bits per heavy atom. The third-order valence-corrected chi connectivity index (χ3v) is 3.82. The Balaban J connectivity index is 2.08. The second-order valence-electron chi connectivity index (χ2n) is 4.00. The lowest BCUT2D eigenvalue weighted by Crippen LogP contribution is -2.12. The normalized spacial score (nSPS) is 11.6. The predicted octanol–water partition coefficient (Wildman–Crippen LogP) is 5.18. The summed E-state index contributed by atoms with van der Waals surface area (Å²) in [7, 11) is 0. The van der Waals surface area contributed by atoms with Gasteiger partial charge in [-0.05, 0) is 47.0 Å². The smallest absolute Gasteiger partial charge is 0.384 e. The zero-order valence-corrected chi connectivity index (χ0v) is 12.2. The Morgan fingerprint density at radius 2 is 2.00 bits per heavy atom. The monoisotopic (exact) mass is 349 g/mol. The molecule has 2 aromatic rings. The van der Waals surface area contributed by atoms with Crippen molar-refractivity contribution < 1.29 is 13.2 Å². The van der Waals surface area contributed by atoms with E-state index in [2.05, 4.69) is 21.2 Å². The highest BCUT2D eigenvalue weighted by molar-refractivity contribution is 9.10. The number of thiophene rings is 1. The van der Waals surface area contributed by atoms with Gasteiger partial charge < -0.3 is 5.32 Å². The van der Waals surface area contributed by atoms with Crippen LogP contribution in [0.2, 0.25) is 0 Å². The second-order valence-corrected chi connectivity index (χ2v) is 5.69. The maximum atomic E-state index is 12.8. The van der Waals surface area contributed by atoms with Crippen LogP contribution in [0.25, 0.3) is 0 Å². The first-order chi connectivity index (χ1) is 8.97. The summed E-state index contributed by atoms with van der Waals surface area (Å²) >= 11 is 4.77. The van der Waals surface area contributed by atoms with E-state index < -0.39 is 11.7 Å². The van der Waals surface area contributed by atoms with Gasteiger partial charge in [0.25, 0.3) is 0 Å². The van der Waals surface area contributed by atoms with Gasteiger partial charge in [-0.15, -0.1) is 0 Å². The van der Waals surface area contributed by atoms with Crippen molar-refractivity contribution in [2.24, 2.45) is 0 Å². The zero-order valence-electron chi connectivity index (χ0n) is 9.80. The summed E-state index contributed by atoms with van der Waals surface area (Å²) in [4.78, 5) is 0. The number of nitrogens with one attached hydrogen (secondary N) is 1. The SMILES string of the molecule is FC(F)(F)c1ccc(Br)cc1NCCc1ccsc1. The van der Waals surface area contributed by atoms with Crippen LogP contribution in [0.15, 0.2) is 39.5 Å². The van der Waals surface area contributed by atoms with Gasteiger partial charge in [0.2, 0.25) is 0 Å². The molecule has 0 aliphatic rings. The molecule has 0 amide bonds. The molecule has 0 radical (unpaired) electrons. The first-order valence-corrected chi connectivity index (χ1v) is 7.32. The maximum absolute atomic E-state index is 12.8. The van der Waals surface area contributed by atoms with Crippen LogP contribution >= 0.6 is 27.3 Å². The molecule has 1 heterocycles. The number of alkyl halides is 3. The van der Waals surface area contributed by atoms with E-state index in [9.17, 15) is 13.2 Å². The molecule has 0 saturated heterocycles. The molecule has 0 aliphatic carbocycles. The van der Waals surface area contributed by atoms with Crippen LogP contribution < -0.4 is 5.32 Å². The van der Waals surface area contributed by atoms with Gasteiger partial charge in [0.05, 0.1) is 5.56 Å². The fourth-order valence-electron chi connectivity index (χ4n) is 1.69. The van der Waals surface area contributed by atoms with Gasteiger partial charge in [-0.2, -0.15) is 24.5 Å². The first-order valence-electron chi connectivity index (χ1n) is 5.58. The Hall–Kier alpha value is -1.01. The van der Waals surface area contributed by atoms with Crippen LogP contribution in [-0.4, -0.2) is 6.54 Å². The van der Waals surface area contributed by atoms with E-state index in [0.29, 0.717) is 17.4 Å². The molecule has 6 heteroatoms. The van der Waals surface area contributed by atoms with E-state index in [0.717, 1.165) is 11.6 Å². The van der Waals surface area contributed by atoms with E-state index >= 15 is 0 Å². The molecule has 1 aromatic heterocycles. The van der Waals surface area contributed by atoms with Crippen LogP contribution in [0, 0.1) is 0 Å². The highest BCUT2D eigenvalue weighted by Gasteiger charge is 2.33. The number of halogens is 4. The zero-order chi connectivity index (χ0) is 13.9. The van der Waals surface area contributed by atoms with Crippen LogP contribution in [0.1, 0.15) is 11.1 Å². The quantitative estimate of drug-likeness (QED) is 0.801. The summed E-state index contributed by atoms with van der Waals surface area (Å²) in [6.07, 6.45) is -3.64. The van der Waals surface area contributed by atoms with Gasteiger partial charge in [-0.1, -0.05) is 15.9 Å². The van der Waals surface area contributed by atoms with Crippen molar-refractivity contribution in [3.05, 3.63) is 50.6 Å². The summed E-state index contributed by atoms with van der Waals surface area (Å²) in [5, 5.41) is 6.80. The average Bonchev–Trinajstić information content (AvgIpc) is 2.80. The summed E-state index contributed by atoms with van der Waals surface area (Å²) in [6, 6.07) is 5.90. The lowest BCUT2D eigenvalue weighted by Gasteiger charge is -2.14. The van der Waals surface area contributed by atoms with E-state index in [-0.39, 0.29) is 5.69 Å². The minimum Gasteiger partial charge on any atom is -0.384 e. The summed E-state index contributed by atoms with van der Waals surface area (Å²) in [5.41, 5.74) is 0.596. The van der Waals surface area contributed by atoms with Gasteiger partial charge in [-0.3, -0.25) is 0 Å². The number of benzene rings is 1. The molecule has 0 spiro atoms. The number of rotatable bonds is 4. The van der Waals surface area contributed by atoms with Crippen molar-refractivity contribution >= 4 is 33.0 Å². The molecular weight excluding hydrogens is 339 g/mol. The molecule has 1 aromatic carbocycles. The van der Waals surface area contributed by atoms with Crippen molar-refractivity contribution in [2.45, 2.75) is 12.6 Å². The van der Waals surface area contributed by atoms with Crippen molar-refractivity contribution in [3.8, 4) is 0 Å². The molecule has 0 bridgehead atoms. The molecule has 0 atom stereocenters. The molecule has 0 saturated carbocycles. The van der Waals surface area contributed by atoms with Gasteiger partial charge in [0.15, 0.2) is 0 Å². The second kappa shape index (κ2) is 5.96. The van der Waals surface area contributed by atoms with Crippen LogP contribution in [-0.2, 0) is 12.6 Å². The third-order valence-electron chi connectivity index (χ3n) is 2.60. The van der Waals surface area contributed by atoms with E-state index in [1.54, 1.807) is 11.3 Å². The summed E-state index contributed by atoms with van der Waals surface area (Å²) < 4.78 is 39.1. The largest absolute Gasteiger partial charge is 0.418 e. The summed E-state index contributed by atoms with van der Waals surface area (Å²) in [6.45, 7) is 0.469. The number of anilines is 1. The Morgan fingerprint density at radius 1 is 1.21 bits per heavy atom. The molecule has 1 N–H and O–H groups in total. The van der Waals surface area contributed by atoms with Gasteiger partial charge in [0.1, 0.15) is 0 Å². The molecule has 0 unspecified atom stereocenters. The van der Waals surface area contributed by atoms with E-state index in [1.165, 1.54) is 12.1 Å². The molecule has 0 fully saturated rings. The van der Waals surface area contributed by atoms with Gasteiger partial charge in [0, 0.05) is 16.7 Å². The van der Waals surface area contributed by atoms with Crippen molar-refractivity contribution in [2.75, 3.05) is 11.9 Å². The minimum atomic E-state index is -4.34. The minimum absolute atomic E-state index is 0.108. The van der Waals surface area contributed by atoms with E-state index in [4.69, 9.17) is 0 Å². The van der Waals surface area contributed by atoms with Crippen LogP contribution in [0.5, 0.6) is 0 Å². The van der Waals surface area contributed by atoms with Crippen molar-refractivity contribution in [3.63, 3.8) is 0 Å². The fourth-order valence-corrected chi connectivity index (χ4v) is 2.75. The van der Waals surface area contributed by atoms with Crippen molar-refractivity contribution in [1.29, 1.82) is 0 Å². The van der Waals surface area contributed by atoms with Gasteiger partial charge >= 0.3 is 6.18 Å². The van der Waals surface area contributed by atoms with Crippen LogP contribution in [0.3, 0.4) is 0 Å². The standard InChI is InChI=1S/C13H11BrF3NS/c14-10-1-2-11(13(15,16)17)12(7-10)18-5-3-9-4-6-19-8-9/h1-2,4,6-8,18H,3,5H2.